The molecule has 3 aromatic rings. The number of ether oxygens (including phenoxy) is 1. The summed E-state index contributed by atoms with van der Waals surface area (Å²) in [6.45, 7) is 5.15. The van der Waals surface area contributed by atoms with Crippen LogP contribution < -0.4 is 4.74 Å². The monoisotopic (exact) mass is 498 g/mol. The zero-order valence-corrected chi connectivity index (χ0v) is 22.0. The number of hydrogen-bond donors (Lipinski definition) is 0. The third-order valence-electron chi connectivity index (χ3n) is 7.18. The van der Waals surface area contributed by atoms with E-state index in [0.29, 0.717) is 12.5 Å². The molecule has 5 rings (SSSR count). The highest BCUT2D eigenvalue weighted by Crippen LogP contribution is 2.41. The Labute approximate surface area is 218 Å². The lowest BCUT2D eigenvalue weighted by atomic mass is 9.85. The fraction of sp³-hybridized carbons (Fsp3) is 0.355. The van der Waals surface area contributed by atoms with Crippen molar-refractivity contribution < 1.29 is 9.53 Å². The second-order valence-electron chi connectivity index (χ2n) is 9.75. The van der Waals surface area contributed by atoms with Crippen molar-refractivity contribution in [1.29, 1.82) is 0 Å². The highest BCUT2D eigenvalue weighted by atomic mass is 32.2. The number of carbonyl (C=O) groups is 1. The van der Waals surface area contributed by atoms with Gasteiger partial charge in [0.2, 0.25) is 0 Å². The summed E-state index contributed by atoms with van der Waals surface area (Å²) in [5.41, 5.74) is 1.91. The number of rotatable bonds is 7. The van der Waals surface area contributed by atoms with Crippen molar-refractivity contribution in [3.8, 4) is 5.75 Å². The minimum Gasteiger partial charge on any atom is -0.493 e. The summed E-state index contributed by atoms with van der Waals surface area (Å²) >= 11 is 1.50. The minimum absolute atomic E-state index is 0.0702. The van der Waals surface area contributed by atoms with E-state index in [1.807, 2.05) is 59.5 Å². The Bertz CT molecular complexity index is 1280. The number of nitrogens with zero attached hydrogens (tertiary/aromatic N) is 2. The van der Waals surface area contributed by atoms with Gasteiger partial charge in [-0.3, -0.25) is 9.69 Å². The molecule has 0 bridgehead atoms. The molecule has 5 heteroatoms. The van der Waals surface area contributed by atoms with Crippen LogP contribution in [-0.2, 0) is 4.79 Å². The fourth-order valence-corrected chi connectivity index (χ4v) is 6.20. The van der Waals surface area contributed by atoms with Crippen molar-refractivity contribution in [2.75, 3.05) is 6.61 Å². The van der Waals surface area contributed by atoms with Gasteiger partial charge in [-0.15, -0.1) is 0 Å². The third kappa shape index (κ3) is 5.22. The molecule has 1 heterocycles. The quantitative estimate of drug-likeness (QED) is 0.243. The van der Waals surface area contributed by atoms with Crippen LogP contribution in [0.1, 0.15) is 57.9 Å². The molecule has 1 saturated heterocycles. The van der Waals surface area contributed by atoms with Crippen LogP contribution in [0.15, 0.2) is 76.6 Å². The van der Waals surface area contributed by atoms with Crippen LogP contribution in [0.2, 0.25) is 0 Å². The summed E-state index contributed by atoms with van der Waals surface area (Å²) in [5.74, 6) is 1.43. The summed E-state index contributed by atoms with van der Waals surface area (Å²) in [5, 5.41) is 2.97. The molecule has 36 heavy (non-hydrogen) atoms. The Balaban J connectivity index is 1.53. The van der Waals surface area contributed by atoms with E-state index < -0.39 is 0 Å². The van der Waals surface area contributed by atoms with E-state index in [4.69, 9.17) is 9.73 Å². The minimum atomic E-state index is 0.0702. The standard InChI is InChI=1S/C31H34N2O2S/c1-3-4-20-35-28-19-18-23(25-15-9-10-16-26(25)28)21-29-30(34)33(27-17-11-8-12-22(27)2)31(36-29)32-24-13-6-5-7-14-24/h5-7,9-10,13-16,18-19,21-22,27H,3-4,8,11-12,17,20H2,1-2H3/b29-21-,32-31?/t22-,27+/m0/s1. The molecule has 2 fully saturated rings. The second kappa shape index (κ2) is 11.3. The number of amidine groups is 1. The SMILES string of the molecule is CCCCOc1ccc(/C=C2\SC(=Nc3ccccc3)N([C@@H]3CCCC[C@@H]3C)C2=O)c2ccccc12. The maximum atomic E-state index is 13.9. The number of amides is 1. The average molecular weight is 499 g/mol. The van der Waals surface area contributed by atoms with Crippen molar-refractivity contribution in [1.82, 2.24) is 4.90 Å². The molecule has 0 radical (unpaired) electrons. The number of aliphatic imine (C=N–C) groups is 1. The molecule has 2 atom stereocenters. The van der Waals surface area contributed by atoms with E-state index in [0.717, 1.165) is 69.9 Å². The number of hydrogen-bond acceptors (Lipinski definition) is 4. The Morgan fingerprint density at radius 2 is 1.75 bits per heavy atom. The number of thioether (sulfide) groups is 1. The summed E-state index contributed by atoms with van der Waals surface area (Å²) in [6, 6.07) is 22.5. The molecule has 1 aliphatic heterocycles. The van der Waals surface area contributed by atoms with Crippen molar-refractivity contribution in [2.45, 2.75) is 58.4 Å². The first-order chi connectivity index (χ1) is 17.7. The van der Waals surface area contributed by atoms with E-state index in [1.54, 1.807) is 0 Å². The molecule has 2 aliphatic rings. The Kier molecular flexibility index (Phi) is 7.76. The number of benzene rings is 3. The van der Waals surface area contributed by atoms with Gasteiger partial charge in [0.05, 0.1) is 17.2 Å². The first-order valence-corrected chi connectivity index (χ1v) is 14.0. The van der Waals surface area contributed by atoms with Gasteiger partial charge in [-0.1, -0.05) is 81.6 Å². The van der Waals surface area contributed by atoms with Gasteiger partial charge >= 0.3 is 0 Å². The molecule has 1 aliphatic carbocycles. The molecule has 0 N–H and O–H groups in total. The Morgan fingerprint density at radius 1 is 1.00 bits per heavy atom. The number of fused-ring (bicyclic) bond motifs is 1. The van der Waals surface area contributed by atoms with Gasteiger partial charge in [0.25, 0.3) is 5.91 Å². The highest BCUT2D eigenvalue weighted by molar-refractivity contribution is 8.18. The molecule has 1 amide bonds. The van der Waals surface area contributed by atoms with Crippen LogP contribution in [0.3, 0.4) is 0 Å². The summed E-state index contributed by atoms with van der Waals surface area (Å²) < 4.78 is 6.08. The van der Waals surface area contributed by atoms with E-state index in [9.17, 15) is 4.79 Å². The smallest absolute Gasteiger partial charge is 0.267 e. The zero-order chi connectivity index (χ0) is 24.9. The summed E-state index contributed by atoms with van der Waals surface area (Å²) in [4.78, 5) is 21.5. The molecule has 186 valence electrons. The topological polar surface area (TPSA) is 41.9 Å². The predicted molar refractivity (Wildman–Crippen MR) is 152 cm³/mol. The fourth-order valence-electron chi connectivity index (χ4n) is 5.16. The van der Waals surface area contributed by atoms with Crippen LogP contribution in [0.4, 0.5) is 5.69 Å². The largest absolute Gasteiger partial charge is 0.493 e. The van der Waals surface area contributed by atoms with Gasteiger partial charge in [-0.2, -0.15) is 0 Å². The lowest BCUT2D eigenvalue weighted by Crippen LogP contribution is -2.44. The zero-order valence-electron chi connectivity index (χ0n) is 21.2. The van der Waals surface area contributed by atoms with Gasteiger partial charge in [-0.05, 0) is 72.2 Å². The summed E-state index contributed by atoms with van der Waals surface area (Å²) in [7, 11) is 0. The van der Waals surface area contributed by atoms with Crippen LogP contribution in [0, 0.1) is 5.92 Å². The lowest BCUT2D eigenvalue weighted by molar-refractivity contribution is -0.124. The maximum Gasteiger partial charge on any atom is 0.267 e. The normalized spacial score (nSPS) is 22.6. The third-order valence-corrected chi connectivity index (χ3v) is 8.16. The van der Waals surface area contributed by atoms with Crippen LogP contribution in [0.25, 0.3) is 16.8 Å². The van der Waals surface area contributed by atoms with Gasteiger partial charge in [0.15, 0.2) is 5.17 Å². The first kappa shape index (κ1) is 24.6. The number of unbranched alkanes of at least 4 members (excludes halogenated alkanes) is 1. The van der Waals surface area contributed by atoms with E-state index in [2.05, 4.69) is 32.0 Å². The summed E-state index contributed by atoms with van der Waals surface area (Å²) in [6.07, 6.45) is 8.75. The van der Waals surface area contributed by atoms with Crippen LogP contribution in [-0.4, -0.2) is 28.6 Å². The molecule has 1 saturated carbocycles. The molecular formula is C31H34N2O2S. The maximum absolute atomic E-state index is 13.9. The predicted octanol–water partition coefficient (Wildman–Crippen LogP) is 8.20. The van der Waals surface area contributed by atoms with Crippen LogP contribution >= 0.6 is 11.8 Å². The van der Waals surface area contributed by atoms with Crippen molar-refractivity contribution in [2.24, 2.45) is 10.9 Å². The van der Waals surface area contributed by atoms with Crippen LogP contribution in [0.5, 0.6) is 5.75 Å². The van der Waals surface area contributed by atoms with E-state index in [-0.39, 0.29) is 11.9 Å². The van der Waals surface area contributed by atoms with Crippen molar-refractivity contribution >= 4 is 45.4 Å². The lowest BCUT2D eigenvalue weighted by Gasteiger charge is -2.35. The molecule has 4 nitrogen and oxygen atoms in total. The van der Waals surface area contributed by atoms with Gasteiger partial charge in [0, 0.05) is 11.4 Å². The van der Waals surface area contributed by atoms with Gasteiger partial charge in [0.1, 0.15) is 5.75 Å². The van der Waals surface area contributed by atoms with E-state index >= 15 is 0 Å². The molecule has 3 aromatic carbocycles. The molecular weight excluding hydrogens is 464 g/mol. The highest BCUT2D eigenvalue weighted by Gasteiger charge is 2.41. The molecule has 0 spiro atoms. The number of para-hydroxylation sites is 1. The molecule has 0 unspecified atom stereocenters. The Hall–Kier alpha value is -3.05. The van der Waals surface area contributed by atoms with E-state index in [1.165, 1.54) is 18.2 Å². The first-order valence-electron chi connectivity index (χ1n) is 13.2. The van der Waals surface area contributed by atoms with Gasteiger partial charge in [-0.25, -0.2) is 4.99 Å². The second-order valence-corrected chi connectivity index (χ2v) is 10.8. The average Bonchev–Trinajstić information content (AvgIpc) is 3.20. The van der Waals surface area contributed by atoms with Gasteiger partial charge < -0.3 is 4.74 Å². The Morgan fingerprint density at radius 3 is 2.53 bits per heavy atom. The number of carbonyl (C=O) groups excluding carboxylic acids is 1. The van der Waals surface area contributed by atoms with Crippen molar-refractivity contribution in [3.63, 3.8) is 0 Å². The van der Waals surface area contributed by atoms with Crippen molar-refractivity contribution in [3.05, 3.63) is 77.2 Å². The molecule has 0 aromatic heterocycles.